The molecule has 1 N–H and O–H groups in total. The van der Waals surface area contributed by atoms with Crippen molar-refractivity contribution in [3.8, 4) is 0 Å². The van der Waals surface area contributed by atoms with Crippen LogP contribution in [0.3, 0.4) is 0 Å². The van der Waals surface area contributed by atoms with E-state index in [9.17, 15) is 9.59 Å². The van der Waals surface area contributed by atoms with Crippen LogP contribution >= 0.6 is 0 Å². The Morgan fingerprint density at radius 1 is 1.03 bits per heavy atom. The number of amides is 1. The predicted molar refractivity (Wildman–Crippen MR) is 141 cm³/mol. The standard InChI is InChI=1S/C29H30N4O3/c1-4-26(28(34)32-25-16-18(3)30-22-12-8-6-10-19(22)25)36-29(35)27-20-11-7-9-13-23(20)31-24-14-15-33(5-2)17-21(24)27/h6-13,16,26H,4-5,14-15,17H2,1-3H3,(H,30,32,34). The molecule has 0 radical (unpaired) electrons. The monoisotopic (exact) mass is 482 g/mol. The Labute approximate surface area is 210 Å². The Kier molecular flexibility index (Phi) is 6.65. The largest absolute Gasteiger partial charge is 0.449 e. The minimum Gasteiger partial charge on any atom is -0.449 e. The van der Waals surface area contributed by atoms with E-state index in [1.165, 1.54) is 0 Å². The van der Waals surface area contributed by atoms with Crippen LogP contribution in [-0.2, 0) is 22.5 Å². The smallest absolute Gasteiger partial charge is 0.340 e. The number of ether oxygens (including phenoxy) is 1. The van der Waals surface area contributed by atoms with Gasteiger partial charge in [-0.25, -0.2) is 4.79 Å². The average Bonchev–Trinajstić information content (AvgIpc) is 2.89. The molecule has 2 aromatic heterocycles. The molecule has 1 aliphatic rings. The molecule has 1 atom stereocenters. The maximum absolute atomic E-state index is 13.7. The molecule has 0 fully saturated rings. The number of hydrogen-bond donors (Lipinski definition) is 1. The molecule has 0 aliphatic carbocycles. The molecule has 1 amide bonds. The number of fused-ring (bicyclic) bond motifs is 3. The third-order valence-corrected chi connectivity index (χ3v) is 6.79. The molecule has 0 saturated carbocycles. The highest BCUT2D eigenvalue weighted by atomic mass is 16.5. The SMILES string of the molecule is CCC(OC(=O)c1c2c(nc3ccccc13)CCN(CC)C2)C(=O)Nc1cc(C)nc2ccccc12. The summed E-state index contributed by atoms with van der Waals surface area (Å²) in [5.41, 5.74) is 5.37. The maximum atomic E-state index is 13.7. The van der Waals surface area contributed by atoms with Crippen molar-refractivity contribution < 1.29 is 14.3 Å². The molecule has 0 saturated heterocycles. The fourth-order valence-electron chi connectivity index (χ4n) is 4.88. The summed E-state index contributed by atoms with van der Waals surface area (Å²) in [5.74, 6) is -0.843. The second kappa shape index (κ2) is 10.0. The van der Waals surface area contributed by atoms with Gasteiger partial charge in [0.25, 0.3) is 5.91 Å². The van der Waals surface area contributed by atoms with Crippen molar-refractivity contribution in [3.63, 3.8) is 0 Å². The van der Waals surface area contributed by atoms with Gasteiger partial charge in [0.05, 0.1) is 22.3 Å². The molecule has 3 heterocycles. The molecule has 4 aromatic rings. The van der Waals surface area contributed by atoms with Crippen molar-refractivity contribution >= 4 is 39.4 Å². The van der Waals surface area contributed by atoms with E-state index >= 15 is 0 Å². The molecule has 2 aromatic carbocycles. The second-order valence-electron chi connectivity index (χ2n) is 9.17. The molecule has 7 nitrogen and oxygen atoms in total. The number of esters is 1. The summed E-state index contributed by atoms with van der Waals surface area (Å²) in [5, 5.41) is 4.57. The number of carbonyl (C=O) groups is 2. The quantitative estimate of drug-likeness (QED) is 0.388. The summed E-state index contributed by atoms with van der Waals surface area (Å²) in [4.78, 5) is 38.6. The Bertz CT molecular complexity index is 1470. The molecule has 1 unspecified atom stereocenters. The average molecular weight is 483 g/mol. The van der Waals surface area contributed by atoms with Gasteiger partial charge in [-0.3, -0.25) is 19.7 Å². The van der Waals surface area contributed by atoms with Crippen molar-refractivity contribution in [2.75, 3.05) is 18.4 Å². The lowest BCUT2D eigenvalue weighted by Gasteiger charge is -2.29. The third-order valence-electron chi connectivity index (χ3n) is 6.79. The van der Waals surface area contributed by atoms with Crippen LogP contribution in [0.1, 0.15) is 47.6 Å². The predicted octanol–water partition coefficient (Wildman–Crippen LogP) is 5.04. The van der Waals surface area contributed by atoms with Crippen molar-refractivity contribution in [1.82, 2.24) is 14.9 Å². The minimum absolute atomic E-state index is 0.353. The number of aryl methyl sites for hydroxylation is 1. The zero-order chi connectivity index (χ0) is 25.2. The minimum atomic E-state index is -0.932. The van der Waals surface area contributed by atoms with E-state index in [-0.39, 0.29) is 5.91 Å². The van der Waals surface area contributed by atoms with E-state index in [0.717, 1.165) is 58.3 Å². The van der Waals surface area contributed by atoms with Crippen LogP contribution in [0, 0.1) is 6.92 Å². The van der Waals surface area contributed by atoms with Crippen molar-refractivity contribution in [3.05, 3.63) is 77.1 Å². The number of carbonyl (C=O) groups excluding carboxylic acids is 2. The van der Waals surface area contributed by atoms with Gasteiger partial charge in [-0.1, -0.05) is 50.2 Å². The number of benzene rings is 2. The highest BCUT2D eigenvalue weighted by Crippen LogP contribution is 2.29. The van der Waals surface area contributed by atoms with E-state index in [1.807, 2.05) is 68.4 Å². The molecular weight excluding hydrogens is 452 g/mol. The number of hydrogen-bond acceptors (Lipinski definition) is 6. The zero-order valence-electron chi connectivity index (χ0n) is 20.9. The van der Waals surface area contributed by atoms with E-state index in [1.54, 1.807) is 0 Å². The number of nitrogens with one attached hydrogen (secondary N) is 1. The number of likely N-dealkylation sites (N-methyl/N-ethyl adjacent to an activating group) is 1. The first-order valence-corrected chi connectivity index (χ1v) is 12.5. The fourth-order valence-corrected chi connectivity index (χ4v) is 4.88. The van der Waals surface area contributed by atoms with Gasteiger partial charge in [0, 0.05) is 47.2 Å². The van der Waals surface area contributed by atoms with E-state index < -0.39 is 12.1 Å². The number of anilines is 1. The zero-order valence-corrected chi connectivity index (χ0v) is 20.9. The van der Waals surface area contributed by atoms with Crippen LogP contribution < -0.4 is 5.32 Å². The number of pyridine rings is 2. The van der Waals surface area contributed by atoms with Gasteiger partial charge < -0.3 is 10.1 Å². The Balaban J connectivity index is 1.46. The fraction of sp³-hybridized carbons (Fsp3) is 0.310. The number of para-hydroxylation sites is 2. The maximum Gasteiger partial charge on any atom is 0.340 e. The Morgan fingerprint density at radius 2 is 1.72 bits per heavy atom. The molecule has 1 aliphatic heterocycles. The van der Waals surface area contributed by atoms with Crippen LogP contribution in [0.25, 0.3) is 21.8 Å². The summed E-state index contributed by atoms with van der Waals surface area (Å²) < 4.78 is 5.89. The summed E-state index contributed by atoms with van der Waals surface area (Å²) >= 11 is 0. The number of aromatic nitrogens is 2. The van der Waals surface area contributed by atoms with Crippen LogP contribution in [0.4, 0.5) is 5.69 Å². The normalized spacial score (nSPS) is 14.4. The van der Waals surface area contributed by atoms with E-state index in [4.69, 9.17) is 9.72 Å². The molecule has 0 bridgehead atoms. The molecule has 0 spiro atoms. The van der Waals surface area contributed by atoms with Crippen LogP contribution in [0.15, 0.2) is 54.6 Å². The lowest BCUT2D eigenvalue weighted by Crippen LogP contribution is -2.35. The Hall–Kier alpha value is -3.84. The van der Waals surface area contributed by atoms with Gasteiger partial charge in [0.15, 0.2) is 6.10 Å². The summed E-state index contributed by atoms with van der Waals surface area (Å²) in [6.07, 6.45) is 0.199. The first-order valence-electron chi connectivity index (χ1n) is 12.5. The molecule has 184 valence electrons. The molecule has 5 rings (SSSR count). The van der Waals surface area contributed by atoms with Gasteiger partial charge in [0.2, 0.25) is 0 Å². The molecular formula is C29H30N4O3. The summed E-state index contributed by atoms with van der Waals surface area (Å²) in [7, 11) is 0. The van der Waals surface area contributed by atoms with Gasteiger partial charge in [-0.2, -0.15) is 0 Å². The highest BCUT2D eigenvalue weighted by molar-refractivity contribution is 6.07. The van der Waals surface area contributed by atoms with Crippen molar-refractivity contribution in [1.29, 1.82) is 0 Å². The lowest BCUT2D eigenvalue weighted by molar-refractivity contribution is -0.124. The first-order chi connectivity index (χ1) is 17.5. The van der Waals surface area contributed by atoms with Gasteiger partial charge in [-0.05, 0) is 38.1 Å². The van der Waals surface area contributed by atoms with Crippen LogP contribution in [0.5, 0.6) is 0 Å². The first kappa shape index (κ1) is 23.9. The van der Waals surface area contributed by atoms with Gasteiger partial charge >= 0.3 is 5.97 Å². The van der Waals surface area contributed by atoms with E-state index in [2.05, 4.69) is 22.1 Å². The highest BCUT2D eigenvalue weighted by Gasteiger charge is 2.29. The summed E-state index contributed by atoms with van der Waals surface area (Å²) in [6.45, 7) is 8.27. The van der Waals surface area contributed by atoms with Crippen molar-refractivity contribution in [2.24, 2.45) is 0 Å². The third kappa shape index (κ3) is 4.54. The van der Waals surface area contributed by atoms with Crippen LogP contribution in [0.2, 0.25) is 0 Å². The Morgan fingerprint density at radius 3 is 2.44 bits per heavy atom. The van der Waals surface area contributed by atoms with E-state index in [0.29, 0.717) is 24.2 Å². The topological polar surface area (TPSA) is 84.4 Å². The van der Waals surface area contributed by atoms with Crippen LogP contribution in [-0.4, -0.2) is 45.9 Å². The van der Waals surface area contributed by atoms with Gasteiger partial charge in [0.1, 0.15) is 0 Å². The number of rotatable bonds is 6. The van der Waals surface area contributed by atoms with Gasteiger partial charge in [-0.15, -0.1) is 0 Å². The van der Waals surface area contributed by atoms with Crippen molar-refractivity contribution in [2.45, 2.75) is 46.3 Å². The number of nitrogens with zero attached hydrogens (tertiary/aromatic N) is 3. The molecule has 7 heteroatoms. The summed E-state index contributed by atoms with van der Waals surface area (Å²) in [6, 6.07) is 17.1. The molecule has 36 heavy (non-hydrogen) atoms. The lowest BCUT2D eigenvalue weighted by atomic mass is 9.95. The second-order valence-corrected chi connectivity index (χ2v) is 9.17.